The number of carbonyl (C=O) groups excluding carboxylic acids is 1. The Kier molecular flexibility index (Phi) is 5.30. The average molecular weight is 384 g/mol. The van der Waals surface area contributed by atoms with Crippen LogP contribution in [0.4, 0.5) is 0 Å². The lowest BCUT2D eigenvalue weighted by atomic mass is 9.92. The van der Waals surface area contributed by atoms with E-state index >= 15 is 0 Å². The highest BCUT2D eigenvalue weighted by Gasteiger charge is 2.24. The van der Waals surface area contributed by atoms with Crippen LogP contribution in [-0.4, -0.2) is 48.1 Å². The van der Waals surface area contributed by atoms with Gasteiger partial charge < -0.3 is 19.2 Å². The van der Waals surface area contributed by atoms with Crippen LogP contribution in [0.25, 0.3) is 22.4 Å². The minimum Gasteiger partial charge on any atom is -0.466 e. The zero-order valence-corrected chi connectivity index (χ0v) is 17.6. The average Bonchev–Trinajstić information content (AvgIpc) is 3.13. The monoisotopic (exact) mass is 384 g/mol. The Morgan fingerprint density at radius 2 is 1.93 bits per heavy atom. The lowest BCUT2D eigenvalue weighted by molar-refractivity contribution is 0.0930. The van der Waals surface area contributed by atoms with Crippen LogP contribution in [0.2, 0.25) is 0 Å². The zero-order chi connectivity index (χ0) is 20.6. The Balaban J connectivity index is 1.98. The summed E-state index contributed by atoms with van der Waals surface area (Å²) in [5.74, 6) is 1.38. The van der Waals surface area contributed by atoms with Gasteiger partial charge in [0.2, 0.25) is 0 Å². The molecule has 1 amide bonds. The van der Waals surface area contributed by atoms with Crippen LogP contribution in [0.5, 0.6) is 0 Å². The van der Waals surface area contributed by atoms with E-state index in [1.807, 2.05) is 40.9 Å². The standard InChI is InChI=1S/C21H28N4O3/c1-12-8-15(14(3)27-12)17-9-16(18-13(2)24-28-20(18)23-17)19(26)22-10-21(4,5)11-25(6)7/h8-9H,10-11H2,1-7H3,(H,22,26). The van der Waals surface area contributed by atoms with E-state index in [0.717, 1.165) is 23.6 Å². The van der Waals surface area contributed by atoms with Gasteiger partial charge >= 0.3 is 0 Å². The molecule has 7 heteroatoms. The SMILES string of the molecule is Cc1cc(-c2cc(C(=O)NCC(C)(C)CN(C)C)c3c(C)noc3n2)c(C)o1. The van der Waals surface area contributed by atoms with E-state index in [0.29, 0.717) is 34.6 Å². The molecule has 3 aromatic rings. The molecule has 0 spiro atoms. The van der Waals surface area contributed by atoms with E-state index in [2.05, 4.69) is 34.2 Å². The molecule has 150 valence electrons. The minimum atomic E-state index is -0.162. The zero-order valence-electron chi connectivity index (χ0n) is 17.6. The fourth-order valence-electron chi connectivity index (χ4n) is 3.62. The molecule has 0 atom stereocenters. The smallest absolute Gasteiger partial charge is 0.259 e. The Morgan fingerprint density at radius 1 is 1.21 bits per heavy atom. The predicted molar refractivity (Wildman–Crippen MR) is 108 cm³/mol. The molecule has 0 fully saturated rings. The number of nitrogens with zero attached hydrogens (tertiary/aromatic N) is 3. The first-order valence-corrected chi connectivity index (χ1v) is 9.35. The first kappa shape index (κ1) is 20.1. The largest absolute Gasteiger partial charge is 0.466 e. The summed E-state index contributed by atoms with van der Waals surface area (Å²) in [5.41, 5.74) is 2.93. The van der Waals surface area contributed by atoms with Crippen LogP contribution < -0.4 is 5.32 Å². The van der Waals surface area contributed by atoms with Gasteiger partial charge in [-0.1, -0.05) is 19.0 Å². The lowest BCUT2D eigenvalue weighted by Crippen LogP contribution is -2.40. The molecule has 0 aliphatic heterocycles. The van der Waals surface area contributed by atoms with E-state index in [9.17, 15) is 4.79 Å². The van der Waals surface area contributed by atoms with Crippen LogP contribution in [-0.2, 0) is 0 Å². The van der Waals surface area contributed by atoms with Crippen molar-refractivity contribution in [2.75, 3.05) is 27.2 Å². The summed E-state index contributed by atoms with van der Waals surface area (Å²) in [6, 6.07) is 3.70. The molecular formula is C21H28N4O3. The molecule has 28 heavy (non-hydrogen) atoms. The quantitative estimate of drug-likeness (QED) is 0.697. The van der Waals surface area contributed by atoms with E-state index in [1.54, 1.807) is 6.07 Å². The van der Waals surface area contributed by atoms with Crippen molar-refractivity contribution >= 4 is 17.0 Å². The molecule has 3 heterocycles. The second kappa shape index (κ2) is 7.39. The molecule has 0 aromatic carbocycles. The van der Waals surface area contributed by atoms with Gasteiger partial charge in [0.25, 0.3) is 11.6 Å². The number of rotatable bonds is 6. The fraction of sp³-hybridized carbons (Fsp3) is 0.476. The number of pyridine rings is 1. The summed E-state index contributed by atoms with van der Waals surface area (Å²) in [5, 5.41) is 7.71. The van der Waals surface area contributed by atoms with Crippen LogP contribution in [0.15, 0.2) is 21.1 Å². The number of fused-ring (bicyclic) bond motifs is 1. The van der Waals surface area contributed by atoms with Crippen LogP contribution in [0.1, 0.15) is 41.4 Å². The van der Waals surface area contributed by atoms with Crippen LogP contribution >= 0.6 is 0 Å². The summed E-state index contributed by atoms with van der Waals surface area (Å²) in [4.78, 5) is 19.7. The van der Waals surface area contributed by atoms with Crippen molar-refractivity contribution in [1.29, 1.82) is 0 Å². The van der Waals surface area contributed by atoms with Crippen LogP contribution in [0, 0.1) is 26.2 Å². The molecule has 0 saturated carbocycles. The number of carbonyl (C=O) groups is 1. The topological polar surface area (TPSA) is 84.4 Å². The lowest BCUT2D eigenvalue weighted by Gasteiger charge is -2.28. The number of aryl methyl sites for hydroxylation is 3. The van der Waals surface area contributed by atoms with Gasteiger partial charge in [-0.05, 0) is 52.4 Å². The van der Waals surface area contributed by atoms with Crippen molar-refractivity contribution < 1.29 is 13.7 Å². The van der Waals surface area contributed by atoms with Gasteiger partial charge in [0.1, 0.15) is 11.5 Å². The number of hydrogen-bond acceptors (Lipinski definition) is 6. The first-order valence-electron chi connectivity index (χ1n) is 9.35. The van der Waals surface area contributed by atoms with Crippen molar-refractivity contribution in [3.05, 3.63) is 34.9 Å². The third kappa shape index (κ3) is 4.09. The van der Waals surface area contributed by atoms with Crippen molar-refractivity contribution in [3.63, 3.8) is 0 Å². The van der Waals surface area contributed by atoms with Gasteiger partial charge in [-0.25, -0.2) is 4.98 Å². The highest BCUT2D eigenvalue weighted by molar-refractivity contribution is 6.07. The molecule has 1 N–H and O–H groups in total. The van der Waals surface area contributed by atoms with Gasteiger partial charge in [-0.2, -0.15) is 0 Å². The molecule has 0 saturated heterocycles. The molecule has 3 rings (SSSR count). The Bertz CT molecular complexity index is 1010. The normalized spacial score (nSPS) is 12.1. The van der Waals surface area contributed by atoms with E-state index in [4.69, 9.17) is 8.94 Å². The number of furan rings is 1. The van der Waals surface area contributed by atoms with Crippen molar-refractivity contribution in [3.8, 4) is 11.3 Å². The summed E-state index contributed by atoms with van der Waals surface area (Å²) < 4.78 is 11.0. The highest BCUT2D eigenvalue weighted by atomic mass is 16.5. The Hall–Kier alpha value is -2.67. The molecule has 7 nitrogen and oxygen atoms in total. The van der Waals surface area contributed by atoms with Gasteiger partial charge in [0.05, 0.1) is 22.3 Å². The molecule has 3 aromatic heterocycles. The first-order chi connectivity index (χ1) is 13.1. The predicted octanol–water partition coefficient (Wildman–Crippen LogP) is 3.73. The number of hydrogen-bond donors (Lipinski definition) is 1. The van der Waals surface area contributed by atoms with E-state index in [1.165, 1.54) is 0 Å². The Labute approximate surface area is 165 Å². The molecule has 0 unspecified atom stereocenters. The maximum absolute atomic E-state index is 13.1. The third-order valence-corrected chi connectivity index (χ3v) is 4.65. The summed E-state index contributed by atoms with van der Waals surface area (Å²) in [6.07, 6.45) is 0. The third-order valence-electron chi connectivity index (χ3n) is 4.65. The van der Waals surface area contributed by atoms with Gasteiger partial charge in [-0.3, -0.25) is 4.79 Å². The molecule has 0 bridgehead atoms. The molecular weight excluding hydrogens is 356 g/mol. The van der Waals surface area contributed by atoms with Gasteiger partial charge in [-0.15, -0.1) is 0 Å². The molecule has 0 aliphatic carbocycles. The maximum atomic E-state index is 13.1. The van der Waals surface area contributed by atoms with Gasteiger partial charge in [0, 0.05) is 18.7 Å². The second-order valence-electron chi connectivity index (χ2n) is 8.41. The van der Waals surface area contributed by atoms with Crippen molar-refractivity contribution in [2.45, 2.75) is 34.6 Å². The fourth-order valence-corrected chi connectivity index (χ4v) is 3.62. The minimum absolute atomic E-state index is 0.0594. The number of amides is 1. The highest BCUT2D eigenvalue weighted by Crippen LogP contribution is 2.30. The number of nitrogens with one attached hydrogen (secondary N) is 1. The van der Waals surface area contributed by atoms with Crippen LogP contribution in [0.3, 0.4) is 0 Å². The summed E-state index contributed by atoms with van der Waals surface area (Å²) in [6.45, 7) is 11.2. The van der Waals surface area contributed by atoms with Gasteiger partial charge in [0.15, 0.2) is 0 Å². The molecule has 0 aliphatic rings. The van der Waals surface area contributed by atoms with E-state index < -0.39 is 0 Å². The van der Waals surface area contributed by atoms with Crippen molar-refractivity contribution in [1.82, 2.24) is 20.4 Å². The molecule has 0 radical (unpaired) electrons. The Morgan fingerprint density at radius 3 is 2.54 bits per heavy atom. The second-order valence-corrected chi connectivity index (χ2v) is 8.41. The summed E-state index contributed by atoms with van der Waals surface area (Å²) in [7, 11) is 4.05. The van der Waals surface area contributed by atoms with Crippen molar-refractivity contribution in [2.24, 2.45) is 5.41 Å². The maximum Gasteiger partial charge on any atom is 0.259 e. The number of aromatic nitrogens is 2. The van der Waals surface area contributed by atoms with E-state index in [-0.39, 0.29) is 11.3 Å². The summed E-state index contributed by atoms with van der Waals surface area (Å²) >= 11 is 0.